The summed E-state index contributed by atoms with van der Waals surface area (Å²) in [6, 6.07) is 6.36. The van der Waals surface area contributed by atoms with Crippen LogP contribution < -0.4 is 10.1 Å². The minimum absolute atomic E-state index is 0.603. The molecule has 0 aliphatic carbocycles. The highest BCUT2D eigenvalue weighted by Crippen LogP contribution is 2.28. The van der Waals surface area contributed by atoms with E-state index in [-0.39, 0.29) is 0 Å². The first kappa shape index (κ1) is 18.0. The summed E-state index contributed by atoms with van der Waals surface area (Å²) in [7, 11) is 0. The van der Waals surface area contributed by atoms with Gasteiger partial charge in [0.25, 0.3) is 0 Å². The van der Waals surface area contributed by atoms with Crippen LogP contribution in [0.3, 0.4) is 0 Å². The standard InChI is InChI=1S/C17H25BrN2O/c1-13(2)11-20-12-15-10-16(18)9-14(3)17(15)21-8-6-4-5-7-19/h9-10,13,20H,4-6,8,11-12H2,1-3H3. The maximum Gasteiger partial charge on any atom is 0.126 e. The molecule has 0 spiro atoms. The van der Waals surface area contributed by atoms with Crippen LogP contribution >= 0.6 is 15.9 Å². The van der Waals surface area contributed by atoms with Crippen LogP contribution in [0.5, 0.6) is 5.75 Å². The predicted octanol–water partition coefficient (Wildman–Crippen LogP) is 4.58. The number of unbranched alkanes of at least 4 members (excludes halogenated alkanes) is 2. The van der Waals surface area contributed by atoms with Crippen LogP contribution in [-0.2, 0) is 6.54 Å². The van der Waals surface area contributed by atoms with Gasteiger partial charge in [0, 0.05) is 23.0 Å². The second kappa shape index (κ2) is 9.81. The second-order valence-electron chi connectivity index (χ2n) is 5.70. The summed E-state index contributed by atoms with van der Waals surface area (Å²) < 4.78 is 7.04. The quantitative estimate of drug-likeness (QED) is 0.661. The van der Waals surface area contributed by atoms with Crippen molar-refractivity contribution in [3.05, 3.63) is 27.7 Å². The molecule has 21 heavy (non-hydrogen) atoms. The molecule has 0 saturated carbocycles. The Morgan fingerprint density at radius 2 is 2.10 bits per heavy atom. The summed E-state index contributed by atoms with van der Waals surface area (Å²) in [6.07, 6.45) is 2.42. The molecule has 0 bridgehead atoms. The van der Waals surface area contributed by atoms with Crippen LogP contribution in [0.4, 0.5) is 0 Å². The number of hydrogen-bond acceptors (Lipinski definition) is 3. The van der Waals surface area contributed by atoms with Crippen LogP contribution in [0.15, 0.2) is 16.6 Å². The zero-order valence-corrected chi connectivity index (χ0v) is 14.8. The van der Waals surface area contributed by atoms with E-state index in [0.717, 1.165) is 41.7 Å². The monoisotopic (exact) mass is 352 g/mol. The number of hydrogen-bond donors (Lipinski definition) is 1. The molecule has 0 aromatic heterocycles. The molecular formula is C17H25BrN2O. The third kappa shape index (κ3) is 6.97. The van der Waals surface area contributed by atoms with E-state index in [0.29, 0.717) is 18.9 Å². The van der Waals surface area contributed by atoms with Crippen molar-refractivity contribution in [3.63, 3.8) is 0 Å². The lowest BCUT2D eigenvalue weighted by Crippen LogP contribution is -2.19. The summed E-state index contributed by atoms with van der Waals surface area (Å²) in [5.74, 6) is 1.61. The summed E-state index contributed by atoms with van der Waals surface area (Å²) in [5, 5.41) is 12.0. The Morgan fingerprint density at radius 1 is 1.33 bits per heavy atom. The zero-order chi connectivity index (χ0) is 15.7. The number of nitrogens with one attached hydrogen (secondary N) is 1. The molecule has 0 unspecified atom stereocenters. The molecule has 0 saturated heterocycles. The lowest BCUT2D eigenvalue weighted by Gasteiger charge is -2.16. The van der Waals surface area contributed by atoms with Crippen molar-refractivity contribution >= 4 is 15.9 Å². The molecule has 1 aromatic carbocycles. The molecule has 0 heterocycles. The lowest BCUT2D eigenvalue weighted by molar-refractivity contribution is 0.301. The van der Waals surface area contributed by atoms with E-state index in [9.17, 15) is 0 Å². The molecule has 4 heteroatoms. The molecule has 116 valence electrons. The Kier molecular flexibility index (Phi) is 8.41. The fourth-order valence-electron chi connectivity index (χ4n) is 2.11. The normalized spacial score (nSPS) is 10.7. The van der Waals surface area contributed by atoms with Crippen LogP contribution in [0, 0.1) is 24.2 Å². The van der Waals surface area contributed by atoms with Gasteiger partial charge in [0.05, 0.1) is 12.7 Å². The third-order valence-electron chi connectivity index (χ3n) is 3.11. The largest absolute Gasteiger partial charge is 0.493 e. The fraction of sp³-hybridized carbons (Fsp3) is 0.588. The van der Waals surface area contributed by atoms with Gasteiger partial charge in [0.1, 0.15) is 5.75 Å². The minimum atomic E-state index is 0.603. The molecule has 1 aromatic rings. The van der Waals surface area contributed by atoms with Crippen molar-refractivity contribution in [2.75, 3.05) is 13.2 Å². The lowest BCUT2D eigenvalue weighted by atomic mass is 10.1. The van der Waals surface area contributed by atoms with Gasteiger partial charge in [0.2, 0.25) is 0 Å². The molecule has 0 atom stereocenters. The zero-order valence-electron chi connectivity index (χ0n) is 13.2. The van der Waals surface area contributed by atoms with E-state index < -0.39 is 0 Å². The molecule has 1 N–H and O–H groups in total. The maximum absolute atomic E-state index is 8.54. The SMILES string of the molecule is Cc1cc(Br)cc(CNCC(C)C)c1OCCCCC#N. The van der Waals surface area contributed by atoms with Gasteiger partial charge >= 0.3 is 0 Å². The van der Waals surface area contributed by atoms with Crippen molar-refractivity contribution in [2.45, 2.75) is 46.6 Å². The molecule has 0 aliphatic rings. The highest BCUT2D eigenvalue weighted by atomic mass is 79.9. The van der Waals surface area contributed by atoms with Crippen LogP contribution in [0.25, 0.3) is 0 Å². The Balaban J connectivity index is 2.64. The number of benzene rings is 1. The van der Waals surface area contributed by atoms with Gasteiger partial charge < -0.3 is 10.1 Å². The maximum atomic E-state index is 8.54. The highest BCUT2D eigenvalue weighted by Gasteiger charge is 2.09. The summed E-state index contributed by atoms with van der Waals surface area (Å²) >= 11 is 3.55. The van der Waals surface area contributed by atoms with Gasteiger partial charge in [0.15, 0.2) is 0 Å². The first-order valence-electron chi connectivity index (χ1n) is 7.54. The van der Waals surface area contributed by atoms with Gasteiger partial charge in [-0.15, -0.1) is 0 Å². The van der Waals surface area contributed by atoms with E-state index in [1.54, 1.807) is 0 Å². The van der Waals surface area contributed by atoms with Crippen LogP contribution in [-0.4, -0.2) is 13.2 Å². The molecule has 3 nitrogen and oxygen atoms in total. The van der Waals surface area contributed by atoms with E-state index in [4.69, 9.17) is 10.00 Å². The van der Waals surface area contributed by atoms with Gasteiger partial charge in [-0.25, -0.2) is 0 Å². The number of aryl methyl sites for hydroxylation is 1. The molecule has 0 amide bonds. The first-order valence-corrected chi connectivity index (χ1v) is 8.33. The third-order valence-corrected chi connectivity index (χ3v) is 3.57. The fourth-order valence-corrected chi connectivity index (χ4v) is 2.73. The number of halogens is 1. The molecule has 0 fully saturated rings. The first-order chi connectivity index (χ1) is 10.0. The van der Waals surface area contributed by atoms with Crippen LogP contribution in [0.2, 0.25) is 0 Å². The number of nitrogens with zero attached hydrogens (tertiary/aromatic N) is 1. The number of rotatable bonds is 9. The van der Waals surface area contributed by atoms with Gasteiger partial charge in [-0.1, -0.05) is 29.8 Å². The predicted molar refractivity (Wildman–Crippen MR) is 90.4 cm³/mol. The second-order valence-corrected chi connectivity index (χ2v) is 6.62. The number of ether oxygens (including phenoxy) is 1. The van der Waals surface area contributed by atoms with Crippen molar-refractivity contribution < 1.29 is 4.74 Å². The van der Waals surface area contributed by atoms with Crippen molar-refractivity contribution in [2.24, 2.45) is 5.92 Å². The van der Waals surface area contributed by atoms with Crippen molar-refractivity contribution in [1.82, 2.24) is 5.32 Å². The number of nitriles is 1. The van der Waals surface area contributed by atoms with Crippen molar-refractivity contribution in [1.29, 1.82) is 5.26 Å². The van der Waals surface area contributed by atoms with E-state index in [1.807, 2.05) is 0 Å². The van der Waals surface area contributed by atoms with Crippen molar-refractivity contribution in [3.8, 4) is 11.8 Å². The highest BCUT2D eigenvalue weighted by molar-refractivity contribution is 9.10. The van der Waals surface area contributed by atoms with E-state index >= 15 is 0 Å². The van der Waals surface area contributed by atoms with Gasteiger partial charge in [-0.3, -0.25) is 0 Å². The van der Waals surface area contributed by atoms with E-state index in [2.05, 4.69) is 60.2 Å². The Hall–Kier alpha value is -1.05. The molecule has 0 aliphatic heterocycles. The molecule has 0 radical (unpaired) electrons. The molecular weight excluding hydrogens is 328 g/mol. The van der Waals surface area contributed by atoms with Gasteiger partial charge in [-0.05, 0) is 49.9 Å². The molecule has 1 rings (SSSR count). The van der Waals surface area contributed by atoms with Crippen LogP contribution in [0.1, 0.15) is 44.2 Å². The Morgan fingerprint density at radius 3 is 2.76 bits per heavy atom. The van der Waals surface area contributed by atoms with E-state index in [1.165, 1.54) is 5.56 Å². The average Bonchev–Trinajstić information content (AvgIpc) is 2.40. The summed E-state index contributed by atoms with van der Waals surface area (Å²) in [5.41, 5.74) is 2.33. The Bertz CT molecular complexity index is 480. The summed E-state index contributed by atoms with van der Waals surface area (Å²) in [4.78, 5) is 0. The minimum Gasteiger partial charge on any atom is -0.493 e. The van der Waals surface area contributed by atoms with Gasteiger partial charge in [-0.2, -0.15) is 5.26 Å². The topological polar surface area (TPSA) is 45.0 Å². The average molecular weight is 353 g/mol. The summed E-state index contributed by atoms with van der Waals surface area (Å²) in [6.45, 7) is 8.94. The Labute approximate surface area is 136 Å². The smallest absolute Gasteiger partial charge is 0.126 e.